The largest absolute Gasteiger partial charge is 0.465 e. The summed E-state index contributed by atoms with van der Waals surface area (Å²) in [6.07, 6.45) is 3.30. The number of allylic oxidation sites excluding steroid dienone is 1. The zero-order valence-corrected chi connectivity index (χ0v) is 11.1. The Kier molecular flexibility index (Phi) is 3.10. The maximum absolute atomic E-state index is 9.41. The third-order valence-electron chi connectivity index (χ3n) is 3.16. The first-order valence-electron chi connectivity index (χ1n) is 6.44. The van der Waals surface area contributed by atoms with Gasteiger partial charge in [-0.2, -0.15) is 5.26 Å². The van der Waals surface area contributed by atoms with E-state index in [-0.39, 0.29) is 0 Å². The standard InChI is InChI=1S/C16H13N3O/c1-2-19-15-8-4-3-7-14(15)18-16(19)12(11-17)10-13-6-5-9-20-13/h3-10H,2H2,1H3/b12-10-. The minimum Gasteiger partial charge on any atom is -0.465 e. The molecule has 0 aliphatic carbocycles. The molecular formula is C16H13N3O. The fraction of sp³-hybridized carbons (Fsp3) is 0.125. The van der Waals surface area contributed by atoms with E-state index < -0.39 is 0 Å². The number of rotatable bonds is 3. The van der Waals surface area contributed by atoms with Crippen molar-refractivity contribution in [1.82, 2.24) is 9.55 Å². The summed E-state index contributed by atoms with van der Waals surface area (Å²) in [4.78, 5) is 4.57. The Morgan fingerprint density at radius 2 is 2.20 bits per heavy atom. The molecule has 1 aromatic carbocycles. The van der Waals surface area contributed by atoms with Crippen LogP contribution in [0.4, 0.5) is 0 Å². The Balaban J connectivity index is 2.20. The van der Waals surface area contributed by atoms with E-state index >= 15 is 0 Å². The van der Waals surface area contributed by atoms with Crippen molar-refractivity contribution in [3.05, 3.63) is 54.2 Å². The van der Waals surface area contributed by atoms with Gasteiger partial charge in [-0.1, -0.05) is 12.1 Å². The molecule has 0 saturated heterocycles. The normalized spacial score (nSPS) is 11.7. The molecule has 98 valence electrons. The molecule has 0 amide bonds. The number of aryl methyl sites for hydroxylation is 1. The van der Waals surface area contributed by atoms with Crippen LogP contribution < -0.4 is 0 Å². The fourth-order valence-electron chi connectivity index (χ4n) is 2.26. The van der Waals surface area contributed by atoms with Crippen molar-refractivity contribution in [2.75, 3.05) is 0 Å². The molecule has 2 heterocycles. The van der Waals surface area contributed by atoms with Crippen LogP contribution in [0, 0.1) is 11.3 Å². The Morgan fingerprint density at radius 1 is 1.35 bits per heavy atom. The lowest BCUT2D eigenvalue weighted by atomic mass is 10.2. The second-order valence-electron chi connectivity index (χ2n) is 4.35. The number of imidazole rings is 1. The number of furan rings is 1. The van der Waals surface area contributed by atoms with Gasteiger partial charge in [-0.05, 0) is 31.2 Å². The predicted molar refractivity (Wildman–Crippen MR) is 77.6 cm³/mol. The van der Waals surface area contributed by atoms with Gasteiger partial charge in [0.25, 0.3) is 0 Å². The molecule has 0 bridgehead atoms. The first kappa shape index (κ1) is 12.2. The van der Waals surface area contributed by atoms with Crippen molar-refractivity contribution < 1.29 is 4.42 Å². The minimum absolute atomic E-state index is 0.498. The number of hydrogen-bond donors (Lipinski definition) is 0. The van der Waals surface area contributed by atoms with E-state index in [9.17, 15) is 5.26 Å². The van der Waals surface area contributed by atoms with E-state index in [4.69, 9.17) is 4.42 Å². The van der Waals surface area contributed by atoms with E-state index in [0.717, 1.165) is 17.6 Å². The summed E-state index contributed by atoms with van der Waals surface area (Å²) < 4.78 is 7.31. The number of benzene rings is 1. The van der Waals surface area contributed by atoms with Crippen LogP contribution in [0.15, 0.2) is 47.1 Å². The van der Waals surface area contributed by atoms with E-state index in [1.165, 1.54) is 0 Å². The van der Waals surface area contributed by atoms with Gasteiger partial charge in [0.2, 0.25) is 0 Å². The van der Waals surface area contributed by atoms with Gasteiger partial charge in [0.15, 0.2) is 5.82 Å². The van der Waals surface area contributed by atoms with Gasteiger partial charge in [-0.25, -0.2) is 4.98 Å². The highest BCUT2D eigenvalue weighted by Crippen LogP contribution is 2.23. The lowest BCUT2D eigenvalue weighted by Gasteiger charge is -2.04. The maximum atomic E-state index is 9.41. The molecule has 4 heteroatoms. The van der Waals surface area contributed by atoms with Gasteiger partial charge in [0, 0.05) is 12.6 Å². The molecule has 4 nitrogen and oxygen atoms in total. The highest BCUT2D eigenvalue weighted by atomic mass is 16.3. The quantitative estimate of drug-likeness (QED) is 0.677. The number of nitrogens with zero attached hydrogens (tertiary/aromatic N) is 3. The molecule has 20 heavy (non-hydrogen) atoms. The van der Waals surface area contributed by atoms with Gasteiger partial charge in [-0.15, -0.1) is 0 Å². The van der Waals surface area contributed by atoms with Crippen LogP contribution in [0.3, 0.4) is 0 Å². The van der Waals surface area contributed by atoms with Crippen LogP contribution in [0.2, 0.25) is 0 Å². The van der Waals surface area contributed by atoms with Crippen LogP contribution in [0.5, 0.6) is 0 Å². The molecule has 0 saturated carbocycles. The topological polar surface area (TPSA) is 54.8 Å². The Morgan fingerprint density at radius 3 is 2.90 bits per heavy atom. The minimum atomic E-state index is 0.498. The summed E-state index contributed by atoms with van der Waals surface area (Å²) >= 11 is 0. The monoisotopic (exact) mass is 263 g/mol. The summed E-state index contributed by atoms with van der Waals surface area (Å²) in [7, 11) is 0. The van der Waals surface area contributed by atoms with Crippen LogP contribution >= 0.6 is 0 Å². The van der Waals surface area contributed by atoms with Crippen LogP contribution in [0.1, 0.15) is 18.5 Å². The summed E-state index contributed by atoms with van der Waals surface area (Å²) in [5, 5.41) is 9.41. The molecule has 0 atom stereocenters. The third-order valence-corrected chi connectivity index (χ3v) is 3.16. The SMILES string of the molecule is CCn1c(/C(C#N)=C\c2ccco2)nc2ccccc21. The van der Waals surface area contributed by atoms with E-state index in [1.807, 2.05) is 41.8 Å². The molecule has 0 aliphatic heterocycles. The van der Waals surface area contributed by atoms with Gasteiger partial charge in [0.1, 0.15) is 11.8 Å². The average Bonchev–Trinajstić information content (AvgIpc) is 3.11. The summed E-state index contributed by atoms with van der Waals surface area (Å²) in [6.45, 7) is 2.80. The Labute approximate surface area is 116 Å². The molecule has 0 spiro atoms. The van der Waals surface area contributed by atoms with Crippen molar-refractivity contribution in [1.29, 1.82) is 5.26 Å². The number of nitriles is 1. The average molecular weight is 263 g/mol. The zero-order valence-electron chi connectivity index (χ0n) is 11.1. The van der Waals surface area contributed by atoms with Crippen molar-refractivity contribution in [2.24, 2.45) is 0 Å². The molecule has 3 aromatic rings. The molecular weight excluding hydrogens is 250 g/mol. The molecule has 0 aliphatic rings. The summed E-state index contributed by atoms with van der Waals surface area (Å²) in [6, 6.07) is 13.7. The number of fused-ring (bicyclic) bond motifs is 1. The number of para-hydroxylation sites is 2. The van der Waals surface area contributed by atoms with Crippen molar-refractivity contribution in [3.8, 4) is 6.07 Å². The molecule has 0 fully saturated rings. The lowest BCUT2D eigenvalue weighted by molar-refractivity contribution is 0.557. The van der Waals surface area contributed by atoms with Crippen LogP contribution in [-0.2, 0) is 6.54 Å². The van der Waals surface area contributed by atoms with Crippen molar-refractivity contribution >= 4 is 22.7 Å². The van der Waals surface area contributed by atoms with Crippen molar-refractivity contribution in [3.63, 3.8) is 0 Å². The first-order chi connectivity index (χ1) is 9.83. The Bertz CT molecular complexity index is 804. The van der Waals surface area contributed by atoms with E-state index in [0.29, 0.717) is 17.2 Å². The molecule has 0 unspecified atom stereocenters. The Hall–Kier alpha value is -2.80. The number of hydrogen-bond acceptors (Lipinski definition) is 3. The highest BCUT2D eigenvalue weighted by Gasteiger charge is 2.13. The molecule has 2 aromatic heterocycles. The van der Waals surface area contributed by atoms with Gasteiger partial charge in [0.05, 0.1) is 22.9 Å². The first-order valence-corrected chi connectivity index (χ1v) is 6.44. The van der Waals surface area contributed by atoms with Crippen LogP contribution in [0.25, 0.3) is 22.7 Å². The van der Waals surface area contributed by atoms with Crippen LogP contribution in [-0.4, -0.2) is 9.55 Å². The van der Waals surface area contributed by atoms with E-state index in [2.05, 4.69) is 11.1 Å². The van der Waals surface area contributed by atoms with Gasteiger partial charge < -0.3 is 8.98 Å². The smallest absolute Gasteiger partial charge is 0.151 e. The summed E-state index contributed by atoms with van der Waals surface area (Å²) in [5.41, 5.74) is 2.42. The van der Waals surface area contributed by atoms with Gasteiger partial charge >= 0.3 is 0 Å². The van der Waals surface area contributed by atoms with E-state index in [1.54, 1.807) is 18.4 Å². The second kappa shape index (κ2) is 5.06. The highest BCUT2D eigenvalue weighted by molar-refractivity contribution is 5.90. The third kappa shape index (κ3) is 1.99. The lowest BCUT2D eigenvalue weighted by Crippen LogP contribution is -2.00. The number of aromatic nitrogens is 2. The summed E-state index contributed by atoms with van der Waals surface area (Å²) in [5.74, 6) is 1.32. The maximum Gasteiger partial charge on any atom is 0.151 e. The zero-order chi connectivity index (χ0) is 13.9. The predicted octanol–water partition coefficient (Wildman–Crippen LogP) is 3.71. The second-order valence-corrected chi connectivity index (χ2v) is 4.35. The van der Waals surface area contributed by atoms with Gasteiger partial charge in [-0.3, -0.25) is 0 Å². The molecule has 3 rings (SSSR count). The van der Waals surface area contributed by atoms with Crippen molar-refractivity contribution in [2.45, 2.75) is 13.5 Å². The fourth-order valence-corrected chi connectivity index (χ4v) is 2.26. The molecule has 0 N–H and O–H groups in total. The molecule has 0 radical (unpaired) electrons.